The van der Waals surface area contributed by atoms with Crippen molar-refractivity contribution in [1.82, 2.24) is 5.16 Å². The number of anilines is 1. The standard InChI is InChI=1S/C16H12N2O3/c19-16(18-13-10-17-20-11-13)12-6-8-15(9-7-12)21-14-4-2-1-3-5-14/h1-11H,(H,18,19). The average Bonchev–Trinajstić information content (AvgIpc) is 3.02. The Hall–Kier alpha value is -3.08. The van der Waals surface area contributed by atoms with E-state index in [0.29, 0.717) is 17.0 Å². The fourth-order valence-electron chi connectivity index (χ4n) is 1.77. The number of hydrogen-bond acceptors (Lipinski definition) is 4. The van der Waals surface area contributed by atoms with Crippen molar-refractivity contribution in [2.75, 3.05) is 5.32 Å². The van der Waals surface area contributed by atoms with Crippen LogP contribution in [0.3, 0.4) is 0 Å². The van der Waals surface area contributed by atoms with Crippen molar-refractivity contribution in [2.24, 2.45) is 0 Å². The van der Waals surface area contributed by atoms with Crippen LogP contribution in [0.2, 0.25) is 0 Å². The first kappa shape index (κ1) is 12.9. The normalized spacial score (nSPS) is 10.1. The zero-order chi connectivity index (χ0) is 14.5. The van der Waals surface area contributed by atoms with E-state index in [1.54, 1.807) is 24.3 Å². The number of nitrogens with one attached hydrogen (secondary N) is 1. The maximum Gasteiger partial charge on any atom is 0.255 e. The van der Waals surface area contributed by atoms with E-state index in [1.807, 2.05) is 30.3 Å². The lowest BCUT2D eigenvalue weighted by Crippen LogP contribution is -2.10. The average molecular weight is 280 g/mol. The summed E-state index contributed by atoms with van der Waals surface area (Å²) >= 11 is 0. The largest absolute Gasteiger partial charge is 0.457 e. The minimum absolute atomic E-state index is 0.232. The van der Waals surface area contributed by atoms with Gasteiger partial charge in [-0.15, -0.1) is 0 Å². The molecule has 0 fully saturated rings. The van der Waals surface area contributed by atoms with Gasteiger partial charge in [-0.25, -0.2) is 0 Å². The summed E-state index contributed by atoms with van der Waals surface area (Å²) in [7, 11) is 0. The summed E-state index contributed by atoms with van der Waals surface area (Å²) in [4.78, 5) is 12.0. The highest BCUT2D eigenvalue weighted by atomic mass is 16.5. The fraction of sp³-hybridized carbons (Fsp3) is 0. The number of carbonyl (C=O) groups excluding carboxylic acids is 1. The lowest BCUT2D eigenvalue weighted by molar-refractivity contribution is 0.102. The first-order valence-electron chi connectivity index (χ1n) is 6.35. The van der Waals surface area contributed by atoms with E-state index in [9.17, 15) is 4.79 Å². The second-order valence-corrected chi connectivity index (χ2v) is 4.31. The number of carbonyl (C=O) groups is 1. The van der Waals surface area contributed by atoms with Crippen LogP contribution in [-0.2, 0) is 0 Å². The Morgan fingerprint density at radius 2 is 1.71 bits per heavy atom. The van der Waals surface area contributed by atoms with Gasteiger partial charge in [-0.05, 0) is 36.4 Å². The summed E-state index contributed by atoms with van der Waals surface area (Å²) in [5, 5.41) is 6.19. The molecule has 0 atom stereocenters. The minimum atomic E-state index is -0.232. The van der Waals surface area contributed by atoms with Crippen molar-refractivity contribution in [3.05, 3.63) is 72.6 Å². The van der Waals surface area contributed by atoms with Crippen molar-refractivity contribution in [3.63, 3.8) is 0 Å². The van der Waals surface area contributed by atoms with E-state index in [2.05, 4.69) is 15.0 Å². The highest BCUT2D eigenvalue weighted by molar-refractivity contribution is 6.04. The number of amides is 1. The molecule has 3 rings (SSSR count). The number of hydrogen-bond donors (Lipinski definition) is 1. The third-order valence-corrected chi connectivity index (χ3v) is 2.79. The number of aromatic nitrogens is 1. The smallest absolute Gasteiger partial charge is 0.255 e. The Balaban J connectivity index is 1.68. The Bertz CT molecular complexity index is 707. The molecule has 5 heteroatoms. The first-order valence-corrected chi connectivity index (χ1v) is 6.35. The van der Waals surface area contributed by atoms with Crippen LogP contribution in [0.15, 0.2) is 71.6 Å². The summed E-state index contributed by atoms with van der Waals surface area (Å²) in [5.41, 5.74) is 1.04. The van der Waals surface area contributed by atoms with Crippen molar-refractivity contribution in [2.45, 2.75) is 0 Å². The molecule has 21 heavy (non-hydrogen) atoms. The summed E-state index contributed by atoms with van der Waals surface area (Å²) in [6.07, 6.45) is 2.80. The van der Waals surface area contributed by atoms with E-state index in [0.717, 1.165) is 5.75 Å². The van der Waals surface area contributed by atoms with Crippen LogP contribution >= 0.6 is 0 Å². The van der Waals surface area contributed by atoms with E-state index in [4.69, 9.17) is 4.74 Å². The molecule has 0 spiro atoms. The van der Waals surface area contributed by atoms with Crippen LogP contribution in [0.25, 0.3) is 0 Å². The Kier molecular flexibility index (Phi) is 3.64. The Morgan fingerprint density at radius 1 is 1.00 bits per heavy atom. The van der Waals surface area contributed by atoms with Crippen LogP contribution < -0.4 is 10.1 Å². The van der Waals surface area contributed by atoms with Crippen LogP contribution in [0.5, 0.6) is 11.5 Å². The molecule has 1 aromatic heterocycles. The van der Waals surface area contributed by atoms with Gasteiger partial charge in [0.25, 0.3) is 5.91 Å². The number of para-hydroxylation sites is 1. The molecule has 0 bridgehead atoms. The van der Waals surface area contributed by atoms with Crippen molar-refractivity contribution >= 4 is 11.6 Å². The van der Waals surface area contributed by atoms with Gasteiger partial charge >= 0.3 is 0 Å². The molecule has 0 radical (unpaired) electrons. The molecule has 3 aromatic rings. The van der Waals surface area contributed by atoms with E-state index in [1.165, 1.54) is 12.5 Å². The van der Waals surface area contributed by atoms with E-state index < -0.39 is 0 Å². The maximum atomic E-state index is 12.0. The third-order valence-electron chi connectivity index (χ3n) is 2.79. The molecule has 2 aromatic carbocycles. The second kappa shape index (κ2) is 5.92. The molecule has 0 saturated heterocycles. The van der Waals surface area contributed by atoms with Gasteiger partial charge in [0.05, 0.1) is 6.20 Å². The minimum Gasteiger partial charge on any atom is -0.457 e. The Labute approximate surface area is 121 Å². The predicted octanol–water partition coefficient (Wildman–Crippen LogP) is 3.72. The number of ether oxygens (including phenoxy) is 1. The molecule has 0 aliphatic rings. The summed E-state index contributed by atoms with van der Waals surface area (Å²) in [6, 6.07) is 16.3. The van der Waals surface area contributed by atoms with Crippen molar-refractivity contribution < 1.29 is 14.1 Å². The number of nitrogens with zero attached hydrogens (tertiary/aromatic N) is 1. The van der Waals surface area contributed by atoms with Gasteiger partial charge in [-0.3, -0.25) is 4.79 Å². The van der Waals surface area contributed by atoms with Gasteiger partial charge in [0.1, 0.15) is 23.4 Å². The third kappa shape index (κ3) is 3.27. The molecule has 0 aliphatic heterocycles. The quantitative estimate of drug-likeness (QED) is 0.791. The molecule has 0 saturated carbocycles. The van der Waals surface area contributed by atoms with Crippen molar-refractivity contribution in [1.29, 1.82) is 0 Å². The van der Waals surface area contributed by atoms with Crippen LogP contribution in [-0.4, -0.2) is 11.1 Å². The summed E-state index contributed by atoms with van der Waals surface area (Å²) in [6.45, 7) is 0. The molecule has 0 unspecified atom stereocenters. The molecule has 1 heterocycles. The van der Waals surface area contributed by atoms with Gasteiger partial charge in [0.15, 0.2) is 0 Å². The molecule has 5 nitrogen and oxygen atoms in total. The van der Waals surface area contributed by atoms with Gasteiger partial charge in [-0.1, -0.05) is 23.4 Å². The summed E-state index contributed by atoms with van der Waals surface area (Å²) < 4.78 is 10.3. The highest BCUT2D eigenvalue weighted by Gasteiger charge is 2.07. The summed E-state index contributed by atoms with van der Waals surface area (Å²) in [5.74, 6) is 1.19. The molecular weight excluding hydrogens is 268 g/mol. The zero-order valence-corrected chi connectivity index (χ0v) is 11.0. The van der Waals surface area contributed by atoms with Gasteiger partial charge in [0.2, 0.25) is 0 Å². The van der Waals surface area contributed by atoms with Crippen LogP contribution in [0, 0.1) is 0 Å². The van der Waals surface area contributed by atoms with E-state index >= 15 is 0 Å². The number of benzene rings is 2. The van der Waals surface area contributed by atoms with Crippen molar-refractivity contribution in [3.8, 4) is 11.5 Å². The van der Waals surface area contributed by atoms with Crippen LogP contribution in [0.4, 0.5) is 5.69 Å². The fourth-order valence-corrected chi connectivity index (χ4v) is 1.77. The maximum absolute atomic E-state index is 12.0. The second-order valence-electron chi connectivity index (χ2n) is 4.31. The SMILES string of the molecule is O=C(Nc1cnoc1)c1ccc(Oc2ccccc2)cc1. The van der Waals surface area contributed by atoms with Gasteiger partial charge < -0.3 is 14.6 Å². The predicted molar refractivity (Wildman–Crippen MR) is 77.4 cm³/mol. The topological polar surface area (TPSA) is 64.4 Å². The van der Waals surface area contributed by atoms with E-state index in [-0.39, 0.29) is 5.91 Å². The molecule has 1 N–H and O–H groups in total. The lowest BCUT2D eigenvalue weighted by Gasteiger charge is -2.06. The van der Waals surface area contributed by atoms with Gasteiger partial charge in [0, 0.05) is 5.56 Å². The monoisotopic (exact) mass is 280 g/mol. The Morgan fingerprint density at radius 3 is 2.38 bits per heavy atom. The zero-order valence-electron chi connectivity index (χ0n) is 11.0. The highest BCUT2D eigenvalue weighted by Crippen LogP contribution is 2.21. The molecule has 1 amide bonds. The number of rotatable bonds is 4. The molecular formula is C16H12N2O3. The molecule has 104 valence electrons. The van der Waals surface area contributed by atoms with Crippen LogP contribution in [0.1, 0.15) is 10.4 Å². The molecule has 0 aliphatic carbocycles. The first-order chi connectivity index (χ1) is 10.3. The lowest BCUT2D eigenvalue weighted by atomic mass is 10.2. The van der Waals surface area contributed by atoms with Gasteiger partial charge in [-0.2, -0.15) is 0 Å².